The van der Waals surface area contributed by atoms with E-state index >= 15 is 0 Å². The molecule has 3 heteroatoms. The van der Waals surface area contributed by atoms with Crippen molar-refractivity contribution in [1.82, 2.24) is 9.47 Å². The fourth-order valence-corrected chi connectivity index (χ4v) is 2.63. The zero-order valence-electron chi connectivity index (χ0n) is 13.8. The first-order chi connectivity index (χ1) is 10.6. The van der Waals surface area contributed by atoms with E-state index in [0.717, 1.165) is 19.5 Å². The van der Waals surface area contributed by atoms with Crippen molar-refractivity contribution in [2.45, 2.75) is 40.3 Å². The number of amides is 1. The first kappa shape index (κ1) is 16.3. The lowest BCUT2D eigenvalue weighted by molar-refractivity contribution is -0.135. The molecule has 0 radical (unpaired) electrons. The van der Waals surface area contributed by atoms with Gasteiger partial charge in [-0.05, 0) is 24.1 Å². The van der Waals surface area contributed by atoms with Crippen molar-refractivity contribution < 1.29 is 4.79 Å². The lowest BCUT2D eigenvalue weighted by Gasteiger charge is -2.25. The van der Waals surface area contributed by atoms with Crippen LogP contribution in [0.15, 0.2) is 48.7 Å². The maximum atomic E-state index is 12.3. The second kappa shape index (κ2) is 7.83. The molecule has 0 bridgehead atoms. The van der Waals surface area contributed by atoms with Gasteiger partial charge in [-0.1, -0.05) is 51.1 Å². The van der Waals surface area contributed by atoms with Gasteiger partial charge in [-0.3, -0.25) is 4.79 Å². The third kappa shape index (κ3) is 4.23. The van der Waals surface area contributed by atoms with Crippen LogP contribution in [-0.2, 0) is 17.9 Å². The Hall–Kier alpha value is -2.03. The van der Waals surface area contributed by atoms with Crippen LogP contribution < -0.4 is 0 Å². The lowest BCUT2D eigenvalue weighted by Crippen LogP contribution is -2.35. The summed E-state index contributed by atoms with van der Waals surface area (Å²) in [6.45, 7) is 8.39. The van der Waals surface area contributed by atoms with Gasteiger partial charge in [0.2, 0.25) is 5.91 Å². The van der Waals surface area contributed by atoms with Crippen LogP contribution in [0.3, 0.4) is 0 Å². The van der Waals surface area contributed by atoms with Crippen LogP contribution in [0.4, 0.5) is 0 Å². The third-order valence-corrected chi connectivity index (χ3v) is 3.77. The second-order valence-electron chi connectivity index (χ2n) is 6.03. The molecular weight excluding hydrogens is 272 g/mol. The highest BCUT2D eigenvalue weighted by atomic mass is 16.2. The van der Waals surface area contributed by atoms with Crippen LogP contribution in [0.25, 0.3) is 0 Å². The quantitative estimate of drug-likeness (QED) is 0.760. The molecule has 1 amide bonds. The van der Waals surface area contributed by atoms with Crippen LogP contribution in [0.5, 0.6) is 0 Å². The van der Waals surface area contributed by atoms with E-state index in [4.69, 9.17) is 0 Å². The van der Waals surface area contributed by atoms with Gasteiger partial charge in [-0.2, -0.15) is 0 Å². The Labute approximate surface area is 133 Å². The molecule has 22 heavy (non-hydrogen) atoms. The summed E-state index contributed by atoms with van der Waals surface area (Å²) in [7, 11) is 0. The van der Waals surface area contributed by atoms with Crippen molar-refractivity contribution in [2.24, 2.45) is 5.92 Å². The standard InChI is InChI=1S/C19H26N2O/c1-4-12-21(19(22)16(2)3)15-18-11-8-13-20(18)14-17-9-6-5-7-10-17/h5-11,13,16H,4,12,14-15H2,1-3H3. The van der Waals surface area contributed by atoms with Crippen LogP contribution in [0.1, 0.15) is 38.4 Å². The Bertz CT molecular complexity index is 586. The largest absolute Gasteiger partial charge is 0.345 e. The minimum atomic E-state index is 0.0454. The van der Waals surface area contributed by atoms with E-state index in [2.05, 4.69) is 54.1 Å². The maximum absolute atomic E-state index is 12.3. The summed E-state index contributed by atoms with van der Waals surface area (Å²) in [6, 6.07) is 14.6. The Morgan fingerprint density at radius 3 is 2.50 bits per heavy atom. The molecule has 3 nitrogen and oxygen atoms in total. The first-order valence-corrected chi connectivity index (χ1v) is 8.08. The van der Waals surface area contributed by atoms with Gasteiger partial charge < -0.3 is 9.47 Å². The molecule has 0 atom stereocenters. The Balaban J connectivity index is 2.12. The van der Waals surface area contributed by atoms with Gasteiger partial charge in [-0.15, -0.1) is 0 Å². The van der Waals surface area contributed by atoms with Crippen LogP contribution >= 0.6 is 0 Å². The number of carbonyl (C=O) groups is 1. The zero-order chi connectivity index (χ0) is 15.9. The van der Waals surface area contributed by atoms with E-state index in [1.54, 1.807) is 0 Å². The minimum absolute atomic E-state index is 0.0454. The molecule has 0 aliphatic rings. The number of nitrogens with zero attached hydrogens (tertiary/aromatic N) is 2. The minimum Gasteiger partial charge on any atom is -0.345 e. The molecule has 0 fully saturated rings. The SMILES string of the molecule is CCCN(Cc1cccn1Cc1ccccc1)C(=O)C(C)C. The van der Waals surface area contributed by atoms with Gasteiger partial charge in [0.15, 0.2) is 0 Å². The highest BCUT2D eigenvalue weighted by Crippen LogP contribution is 2.13. The average Bonchev–Trinajstić information content (AvgIpc) is 2.94. The molecule has 2 rings (SSSR count). The van der Waals surface area contributed by atoms with Crippen molar-refractivity contribution in [3.63, 3.8) is 0 Å². The smallest absolute Gasteiger partial charge is 0.225 e. The number of carbonyl (C=O) groups excluding carboxylic acids is 1. The first-order valence-electron chi connectivity index (χ1n) is 8.08. The summed E-state index contributed by atoms with van der Waals surface area (Å²) >= 11 is 0. The highest BCUT2D eigenvalue weighted by Gasteiger charge is 2.17. The molecule has 0 aliphatic carbocycles. The lowest BCUT2D eigenvalue weighted by atomic mass is 10.1. The summed E-state index contributed by atoms with van der Waals surface area (Å²) in [5.74, 6) is 0.276. The van der Waals surface area contributed by atoms with Crippen molar-refractivity contribution >= 4 is 5.91 Å². The summed E-state index contributed by atoms with van der Waals surface area (Å²) in [5.41, 5.74) is 2.46. The molecular formula is C19H26N2O. The van der Waals surface area contributed by atoms with Crippen molar-refractivity contribution in [2.75, 3.05) is 6.54 Å². The molecule has 1 aromatic carbocycles. The fourth-order valence-electron chi connectivity index (χ4n) is 2.63. The second-order valence-corrected chi connectivity index (χ2v) is 6.03. The van der Waals surface area contributed by atoms with E-state index in [0.29, 0.717) is 6.54 Å². The molecule has 2 aromatic rings. The number of hydrogen-bond donors (Lipinski definition) is 0. The van der Waals surface area contributed by atoms with Crippen LogP contribution in [0.2, 0.25) is 0 Å². The molecule has 0 unspecified atom stereocenters. The summed E-state index contributed by atoms with van der Waals surface area (Å²) < 4.78 is 2.23. The average molecular weight is 298 g/mol. The molecule has 1 heterocycles. The van der Waals surface area contributed by atoms with E-state index in [1.807, 2.05) is 24.8 Å². The van der Waals surface area contributed by atoms with Crippen LogP contribution in [0, 0.1) is 5.92 Å². The number of benzene rings is 1. The summed E-state index contributed by atoms with van der Waals surface area (Å²) in [6.07, 6.45) is 3.07. The monoisotopic (exact) mass is 298 g/mol. The molecule has 0 N–H and O–H groups in total. The number of rotatable bonds is 7. The Morgan fingerprint density at radius 2 is 1.86 bits per heavy atom. The predicted octanol–water partition coefficient (Wildman–Crippen LogP) is 3.93. The number of aromatic nitrogens is 1. The third-order valence-electron chi connectivity index (χ3n) is 3.77. The molecule has 0 spiro atoms. The van der Waals surface area contributed by atoms with Crippen LogP contribution in [-0.4, -0.2) is 21.9 Å². The summed E-state index contributed by atoms with van der Waals surface area (Å²) in [4.78, 5) is 14.3. The van der Waals surface area contributed by atoms with Gasteiger partial charge in [0, 0.05) is 30.9 Å². The van der Waals surface area contributed by atoms with E-state index < -0.39 is 0 Å². The van der Waals surface area contributed by atoms with Gasteiger partial charge in [0.1, 0.15) is 0 Å². The van der Waals surface area contributed by atoms with Gasteiger partial charge in [0.05, 0.1) is 6.54 Å². The van der Waals surface area contributed by atoms with Crippen molar-refractivity contribution in [3.8, 4) is 0 Å². The van der Waals surface area contributed by atoms with Gasteiger partial charge >= 0.3 is 0 Å². The predicted molar refractivity (Wildman–Crippen MR) is 90.5 cm³/mol. The van der Waals surface area contributed by atoms with E-state index in [-0.39, 0.29) is 11.8 Å². The molecule has 0 saturated heterocycles. The molecule has 118 valence electrons. The highest BCUT2D eigenvalue weighted by molar-refractivity contribution is 5.78. The maximum Gasteiger partial charge on any atom is 0.225 e. The molecule has 0 aliphatic heterocycles. The van der Waals surface area contributed by atoms with E-state index in [1.165, 1.54) is 11.3 Å². The normalized spacial score (nSPS) is 10.9. The van der Waals surface area contributed by atoms with Gasteiger partial charge in [0.25, 0.3) is 0 Å². The van der Waals surface area contributed by atoms with E-state index in [9.17, 15) is 4.79 Å². The van der Waals surface area contributed by atoms with Crippen molar-refractivity contribution in [1.29, 1.82) is 0 Å². The molecule has 1 aromatic heterocycles. The fraction of sp³-hybridized carbons (Fsp3) is 0.421. The summed E-state index contributed by atoms with van der Waals surface area (Å²) in [5, 5.41) is 0. The Kier molecular flexibility index (Phi) is 5.82. The van der Waals surface area contributed by atoms with Gasteiger partial charge in [-0.25, -0.2) is 0 Å². The number of hydrogen-bond acceptors (Lipinski definition) is 1. The van der Waals surface area contributed by atoms with Crippen molar-refractivity contribution in [3.05, 3.63) is 59.9 Å². The zero-order valence-corrected chi connectivity index (χ0v) is 13.8. The Morgan fingerprint density at radius 1 is 1.14 bits per heavy atom. The topological polar surface area (TPSA) is 25.2 Å². The molecule has 0 saturated carbocycles.